The van der Waals surface area contributed by atoms with Gasteiger partial charge in [0.2, 0.25) is 5.91 Å². The predicted molar refractivity (Wildman–Crippen MR) is 68.2 cm³/mol. The first-order valence-electron chi connectivity index (χ1n) is 5.84. The lowest BCUT2D eigenvalue weighted by Gasteiger charge is -2.18. The Morgan fingerprint density at radius 2 is 2.29 bits per heavy atom. The van der Waals surface area contributed by atoms with E-state index in [2.05, 4.69) is 15.6 Å². The number of pyridine rings is 1. The number of nitrogens with one attached hydrogen (secondary N) is 2. The molecule has 0 unspecified atom stereocenters. The third-order valence-electron chi connectivity index (χ3n) is 2.70. The summed E-state index contributed by atoms with van der Waals surface area (Å²) in [5, 5.41) is 5.94. The SMILES string of the molecule is CNc1cccc(N(C)CC(=O)NC2CC2)n1. The second kappa shape index (κ2) is 5.03. The van der Waals surface area contributed by atoms with E-state index in [9.17, 15) is 4.79 Å². The van der Waals surface area contributed by atoms with Crippen molar-refractivity contribution in [2.24, 2.45) is 0 Å². The number of nitrogens with zero attached hydrogens (tertiary/aromatic N) is 2. The fourth-order valence-corrected chi connectivity index (χ4v) is 1.57. The number of amides is 1. The second-order valence-electron chi connectivity index (χ2n) is 4.33. The van der Waals surface area contributed by atoms with Gasteiger partial charge in [0.15, 0.2) is 0 Å². The van der Waals surface area contributed by atoms with E-state index in [4.69, 9.17) is 0 Å². The van der Waals surface area contributed by atoms with E-state index in [1.54, 1.807) is 0 Å². The van der Waals surface area contributed by atoms with Crippen molar-refractivity contribution in [3.63, 3.8) is 0 Å². The molecular formula is C12H18N4O. The van der Waals surface area contributed by atoms with Gasteiger partial charge in [-0.1, -0.05) is 6.07 Å². The fraction of sp³-hybridized carbons (Fsp3) is 0.500. The summed E-state index contributed by atoms with van der Waals surface area (Å²) in [5.41, 5.74) is 0. The highest BCUT2D eigenvalue weighted by Gasteiger charge is 2.23. The Morgan fingerprint density at radius 3 is 2.94 bits per heavy atom. The minimum absolute atomic E-state index is 0.0617. The molecule has 5 heteroatoms. The minimum atomic E-state index is 0.0617. The zero-order valence-corrected chi connectivity index (χ0v) is 10.2. The zero-order valence-electron chi connectivity index (χ0n) is 10.2. The van der Waals surface area contributed by atoms with Crippen molar-refractivity contribution in [2.75, 3.05) is 30.9 Å². The van der Waals surface area contributed by atoms with Crippen molar-refractivity contribution in [2.45, 2.75) is 18.9 Å². The van der Waals surface area contributed by atoms with E-state index in [1.165, 1.54) is 0 Å². The monoisotopic (exact) mass is 234 g/mol. The topological polar surface area (TPSA) is 57.3 Å². The Balaban J connectivity index is 1.92. The van der Waals surface area contributed by atoms with Crippen LogP contribution in [-0.2, 0) is 4.79 Å². The quantitative estimate of drug-likeness (QED) is 0.792. The summed E-state index contributed by atoms with van der Waals surface area (Å²) in [5.74, 6) is 1.66. The number of aromatic nitrogens is 1. The van der Waals surface area contributed by atoms with Crippen molar-refractivity contribution in [3.8, 4) is 0 Å². The highest BCUT2D eigenvalue weighted by Crippen LogP contribution is 2.18. The van der Waals surface area contributed by atoms with Crippen LogP contribution < -0.4 is 15.5 Å². The molecule has 1 fully saturated rings. The van der Waals surface area contributed by atoms with Crippen LogP contribution in [0.5, 0.6) is 0 Å². The standard InChI is InChI=1S/C12H18N4O/c1-13-10-4-3-5-11(15-10)16(2)8-12(17)14-9-6-7-9/h3-5,9H,6-8H2,1-2H3,(H,13,15)(H,14,17). The normalized spacial score (nSPS) is 14.2. The fourth-order valence-electron chi connectivity index (χ4n) is 1.57. The molecule has 17 heavy (non-hydrogen) atoms. The average molecular weight is 234 g/mol. The van der Waals surface area contributed by atoms with Gasteiger partial charge in [-0.3, -0.25) is 4.79 Å². The maximum Gasteiger partial charge on any atom is 0.239 e. The summed E-state index contributed by atoms with van der Waals surface area (Å²) in [4.78, 5) is 17.9. The van der Waals surface area contributed by atoms with Crippen molar-refractivity contribution in [1.29, 1.82) is 0 Å². The van der Waals surface area contributed by atoms with Gasteiger partial charge in [0.05, 0.1) is 6.54 Å². The van der Waals surface area contributed by atoms with Crippen LogP contribution in [0.15, 0.2) is 18.2 Å². The average Bonchev–Trinajstić information content (AvgIpc) is 3.12. The first kappa shape index (κ1) is 11.7. The van der Waals surface area contributed by atoms with Gasteiger partial charge in [0, 0.05) is 20.1 Å². The van der Waals surface area contributed by atoms with Gasteiger partial charge < -0.3 is 15.5 Å². The molecule has 1 aliphatic carbocycles. The molecule has 2 rings (SSSR count). The highest BCUT2D eigenvalue weighted by atomic mass is 16.2. The molecule has 1 saturated carbocycles. The van der Waals surface area contributed by atoms with Crippen LogP contribution in [0.2, 0.25) is 0 Å². The van der Waals surface area contributed by atoms with Gasteiger partial charge in [-0.05, 0) is 25.0 Å². The largest absolute Gasteiger partial charge is 0.373 e. The number of anilines is 2. The van der Waals surface area contributed by atoms with Gasteiger partial charge in [-0.15, -0.1) is 0 Å². The molecule has 1 amide bonds. The third-order valence-corrected chi connectivity index (χ3v) is 2.70. The highest BCUT2D eigenvalue weighted by molar-refractivity contribution is 5.81. The first-order chi connectivity index (χ1) is 8.19. The number of carbonyl (C=O) groups is 1. The summed E-state index contributed by atoms with van der Waals surface area (Å²) in [6.45, 7) is 0.344. The van der Waals surface area contributed by atoms with Gasteiger partial charge >= 0.3 is 0 Å². The third kappa shape index (κ3) is 3.34. The maximum atomic E-state index is 11.6. The van der Waals surface area contributed by atoms with Gasteiger partial charge in [0.25, 0.3) is 0 Å². The number of likely N-dealkylation sites (N-methyl/N-ethyl adjacent to an activating group) is 1. The van der Waals surface area contributed by atoms with Gasteiger partial charge in [0.1, 0.15) is 11.6 Å². The van der Waals surface area contributed by atoms with Crippen molar-refractivity contribution in [3.05, 3.63) is 18.2 Å². The van der Waals surface area contributed by atoms with Gasteiger partial charge in [-0.2, -0.15) is 0 Å². The summed E-state index contributed by atoms with van der Waals surface area (Å²) in [7, 11) is 3.69. The zero-order chi connectivity index (χ0) is 12.3. The Bertz CT molecular complexity index is 403. The molecular weight excluding hydrogens is 216 g/mol. The summed E-state index contributed by atoms with van der Waals surface area (Å²) < 4.78 is 0. The molecule has 0 saturated heterocycles. The molecule has 1 aromatic heterocycles. The van der Waals surface area contributed by atoms with Gasteiger partial charge in [-0.25, -0.2) is 4.98 Å². The van der Waals surface area contributed by atoms with Crippen LogP contribution in [-0.4, -0.2) is 37.6 Å². The summed E-state index contributed by atoms with van der Waals surface area (Å²) in [6, 6.07) is 6.11. The Kier molecular flexibility index (Phi) is 3.46. The minimum Gasteiger partial charge on any atom is -0.373 e. The maximum absolute atomic E-state index is 11.6. The Morgan fingerprint density at radius 1 is 1.53 bits per heavy atom. The van der Waals surface area contributed by atoms with Crippen LogP contribution in [0.1, 0.15) is 12.8 Å². The predicted octanol–water partition coefficient (Wildman–Crippen LogP) is 0.838. The number of carbonyl (C=O) groups excluding carboxylic acids is 1. The number of hydrogen-bond donors (Lipinski definition) is 2. The summed E-state index contributed by atoms with van der Waals surface area (Å²) >= 11 is 0. The number of hydrogen-bond acceptors (Lipinski definition) is 4. The van der Waals surface area contributed by atoms with Crippen LogP contribution >= 0.6 is 0 Å². The molecule has 5 nitrogen and oxygen atoms in total. The van der Waals surface area contributed by atoms with Crippen LogP contribution in [0.25, 0.3) is 0 Å². The second-order valence-corrected chi connectivity index (χ2v) is 4.33. The van der Waals surface area contributed by atoms with E-state index >= 15 is 0 Å². The Labute approximate surface area is 101 Å². The Hall–Kier alpha value is -1.78. The van der Waals surface area contributed by atoms with E-state index < -0.39 is 0 Å². The van der Waals surface area contributed by atoms with E-state index in [0.29, 0.717) is 12.6 Å². The molecule has 1 aromatic rings. The molecule has 2 N–H and O–H groups in total. The lowest BCUT2D eigenvalue weighted by atomic mass is 10.4. The number of rotatable bonds is 5. The summed E-state index contributed by atoms with van der Waals surface area (Å²) in [6.07, 6.45) is 2.23. The van der Waals surface area contributed by atoms with E-state index in [0.717, 1.165) is 24.5 Å². The van der Waals surface area contributed by atoms with Crippen molar-refractivity contribution < 1.29 is 4.79 Å². The smallest absolute Gasteiger partial charge is 0.239 e. The molecule has 1 heterocycles. The molecule has 1 aliphatic rings. The lowest BCUT2D eigenvalue weighted by molar-refractivity contribution is -0.119. The molecule has 0 spiro atoms. The van der Waals surface area contributed by atoms with Crippen LogP contribution in [0, 0.1) is 0 Å². The van der Waals surface area contributed by atoms with Crippen molar-refractivity contribution >= 4 is 17.5 Å². The van der Waals surface area contributed by atoms with Crippen LogP contribution in [0.4, 0.5) is 11.6 Å². The molecule has 0 aliphatic heterocycles. The lowest BCUT2D eigenvalue weighted by Crippen LogP contribution is -2.36. The molecule has 0 radical (unpaired) electrons. The van der Waals surface area contributed by atoms with Crippen LogP contribution in [0.3, 0.4) is 0 Å². The van der Waals surface area contributed by atoms with E-state index in [-0.39, 0.29) is 5.91 Å². The molecule has 92 valence electrons. The molecule has 0 aromatic carbocycles. The molecule has 0 bridgehead atoms. The van der Waals surface area contributed by atoms with Crippen molar-refractivity contribution in [1.82, 2.24) is 10.3 Å². The van der Waals surface area contributed by atoms with E-state index in [1.807, 2.05) is 37.2 Å². The molecule has 0 atom stereocenters. The first-order valence-corrected chi connectivity index (χ1v) is 5.84.